The lowest BCUT2D eigenvalue weighted by molar-refractivity contribution is 0.0798. The number of hydrogen-bond donors (Lipinski definition) is 0. The fourth-order valence-electron chi connectivity index (χ4n) is 4.15. The summed E-state index contributed by atoms with van der Waals surface area (Å²) in [4.78, 5) is 0.807. The molecule has 2 saturated carbocycles. The van der Waals surface area contributed by atoms with Gasteiger partial charge in [0.1, 0.15) is 0 Å². The average Bonchev–Trinajstić information content (AvgIpc) is 2.60. The maximum absolute atomic E-state index is 3.82. The molecule has 0 radical (unpaired) electrons. The predicted molar refractivity (Wildman–Crippen MR) is 70.4 cm³/mol. The quantitative estimate of drug-likeness (QED) is 0.610. The van der Waals surface area contributed by atoms with Gasteiger partial charge in [0.15, 0.2) is 0 Å². The molecular weight excluding hydrogens is 248 g/mol. The van der Waals surface area contributed by atoms with E-state index in [4.69, 9.17) is 0 Å². The van der Waals surface area contributed by atoms with Crippen molar-refractivity contribution in [2.45, 2.75) is 70.0 Å². The zero-order valence-electron chi connectivity index (χ0n) is 10.3. The second kappa shape index (κ2) is 4.77. The molecule has 2 aliphatic rings. The minimum absolute atomic E-state index is 0.662. The van der Waals surface area contributed by atoms with E-state index in [0.29, 0.717) is 5.41 Å². The van der Waals surface area contributed by atoms with Crippen LogP contribution in [-0.4, -0.2) is 4.83 Å². The van der Waals surface area contributed by atoms with Crippen molar-refractivity contribution in [3.63, 3.8) is 0 Å². The van der Waals surface area contributed by atoms with E-state index in [1.54, 1.807) is 0 Å². The van der Waals surface area contributed by atoms with Gasteiger partial charge < -0.3 is 0 Å². The molecule has 2 rings (SSSR count). The van der Waals surface area contributed by atoms with Crippen molar-refractivity contribution in [3.05, 3.63) is 0 Å². The zero-order valence-corrected chi connectivity index (χ0v) is 11.9. The summed E-state index contributed by atoms with van der Waals surface area (Å²) in [6.07, 6.45) is 11.7. The van der Waals surface area contributed by atoms with Gasteiger partial charge in [-0.2, -0.15) is 0 Å². The third-order valence-electron chi connectivity index (χ3n) is 5.05. The maximum atomic E-state index is 3.82. The molecule has 0 saturated heterocycles. The Morgan fingerprint density at radius 2 is 1.93 bits per heavy atom. The highest BCUT2D eigenvalue weighted by Crippen LogP contribution is 2.53. The Labute approximate surface area is 103 Å². The summed E-state index contributed by atoms with van der Waals surface area (Å²) in [5.74, 6) is 2.06. The molecule has 0 aromatic heterocycles. The summed E-state index contributed by atoms with van der Waals surface area (Å²) < 4.78 is 0. The molecule has 0 nitrogen and oxygen atoms in total. The Morgan fingerprint density at radius 3 is 2.53 bits per heavy atom. The smallest absolute Gasteiger partial charge is 0.0151 e. The average molecular weight is 273 g/mol. The summed E-state index contributed by atoms with van der Waals surface area (Å²) in [6, 6.07) is 0. The molecular formula is C14H25Br. The molecule has 0 N–H and O–H groups in total. The van der Waals surface area contributed by atoms with E-state index in [1.165, 1.54) is 51.4 Å². The van der Waals surface area contributed by atoms with E-state index >= 15 is 0 Å². The van der Waals surface area contributed by atoms with Crippen molar-refractivity contribution in [1.29, 1.82) is 0 Å². The van der Waals surface area contributed by atoms with Gasteiger partial charge in [-0.05, 0) is 42.9 Å². The van der Waals surface area contributed by atoms with E-state index < -0.39 is 0 Å². The zero-order chi connectivity index (χ0) is 10.9. The minimum atomic E-state index is 0.662. The number of alkyl halides is 1. The molecule has 0 spiro atoms. The summed E-state index contributed by atoms with van der Waals surface area (Å²) in [5.41, 5.74) is 0.662. The molecule has 88 valence electrons. The highest BCUT2D eigenvalue weighted by atomic mass is 79.9. The Kier molecular flexibility index (Phi) is 3.80. The van der Waals surface area contributed by atoms with Crippen molar-refractivity contribution < 1.29 is 0 Å². The standard InChI is InChI=1S/C14H25Br/c1-3-11-6-4-5-7-13(11)14(2)9-8-12(15)10-14/h11-13H,3-10H2,1-2H3. The first kappa shape index (κ1) is 12.0. The molecule has 0 amide bonds. The van der Waals surface area contributed by atoms with Gasteiger partial charge in [0.25, 0.3) is 0 Å². The van der Waals surface area contributed by atoms with E-state index in [1.807, 2.05) is 0 Å². The molecule has 0 aromatic carbocycles. The second-order valence-electron chi connectivity index (χ2n) is 6.05. The summed E-state index contributed by atoms with van der Waals surface area (Å²) >= 11 is 3.82. The van der Waals surface area contributed by atoms with Crippen molar-refractivity contribution >= 4 is 15.9 Å². The van der Waals surface area contributed by atoms with Crippen LogP contribution in [0.25, 0.3) is 0 Å². The Hall–Kier alpha value is 0.480. The van der Waals surface area contributed by atoms with Gasteiger partial charge in [-0.1, -0.05) is 55.5 Å². The van der Waals surface area contributed by atoms with Crippen LogP contribution in [0.2, 0.25) is 0 Å². The highest BCUT2D eigenvalue weighted by molar-refractivity contribution is 9.09. The second-order valence-corrected chi connectivity index (χ2v) is 7.35. The fraction of sp³-hybridized carbons (Fsp3) is 1.00. The number of halogens is 1. The van der Waals surface area contributed by atoms with Crippen LogP contribution in [0.1, 0.15) is 65.2 Å². The van der Waals surface area contributed by atoms with Gasteiger partial charge in [-0.25, -0.2) is 0 Å². The molecule has 0 bridgehead atoms. The van der Waals surface area contributed by atoms with Gasteiger partial charge in [0.2, 0.25) is 0 Å². The van der Waals surface area contributed by atoms with E-state index in [2.05, 4.69) is 29.8 Å². The van der Waals surface area contributed by atoms with Crippen LogP contribution in [-0.2, 0) is 0 Å². The first-order valence-corrected chi connectivity index (χ1v) is 7.71. The highest BCUT2D eigenvalue weighted by Gasteiger charge is 2.43. The summed E-state index contributed by atoms with van der Waals surface area (Å²) in [7, 11) is 0. The lowest BCUT2D eigenvalue weighted by atomic mass is 9.63. The Morgan fingerprint density at radius 1 is 1.20 bits per heavy atom. The molecule has 15 heavy (non-hydrogen) atoms. The summed E-state index contributed by atoms with van der Waals surface area (Å²) in [5, 5.41) is 0. The van der Waals surface area contributed by atoms with Crippen LogP contribution >= 0.6 is 15.9 Å². The lowest BCUT2D eigenvalue weighted by Gasteiger charge is -2.42. The van der Waals surface area contributed by atoms with Gasteiger partial charge in [0.05, 0.1) is 0 Å². The van der Waals surface area contributed by atoms with E-state index in [-0.39, 0.29) is 0 Å². The molecule has 0 aromatic rings. The van der Waals surface area contributed by atoms with Crippen LogP contribution in [0.4, 0.5) is 0 Å². The molecule has 2 aliphatic carbocycles. The van der Waals surface area contributed by atoms with Crippen LogP contribution < -0.4 is 0 Å². The molecule has 2 fully saturated rings. The fourth-order valence-corrected chi connectivity index (χ4v) is 5.12. The van der Waals surface area contributed by atoms with Crippen molar-refractivity contribution in [1.82, 2.24) is 0 Å². The normalized spacial score (nSPS) is 47.0. The van der Waals surface area contributed by atoms with Crippen molar-refractivity contribution in [2.75, 3.05) is 0 Å². The van der Waals surface area contributed by atoms with E-state index in [9.17, 15) is 0 Å². The minimum Gasteiger partial charge on any atom is -0.0890 e. The third-order valence-corrected chi connectivity index (χ3v) is 5.83. The topological polar surface area (TPSA) is 0 Å². The molecule has 0 heterocycles. The molecule has 0 aliphatic heterocycles. The number of hydrogen-bond acceptors (Lipinski definition) is 0. The number of rotatable bonds is 2. The maximum Gasteiger partial charge on any atom is 0.0151 e. The molecule has 4 unspecified atom stereocenters. The van der Waals surface area contributed by atoms with Gasteiger partial charge in [-0.3, -0.25) is 0 Å². The van der Waals surface area contributed by atoms with Gasteiger partial charge in [0, 0.05) is 4.83 Å². The monoisotopic (exact) mass is 272 g/mol. The lowest BCUT2D eigenvalue weighted by Crippen LogP contribution is -2.33. The first-order valence-electron chi connectivity index (χ1n) is 6.80. The van der Waals surface area contributed by atoms with Crippen molar-refractivity contribution in [2.24, 2.45) is 17.3 Å². The van der Waals surface area contributed by atoms with Crippen molar-refractivity contribution in [3.8, 4) is 0 Å². The summed E-state index contributed by atoms with van der Waals surface area (Å²) in [6.45, 7) is 4.96. The van der Waals surface area contributed by atoms with Crippen LogP contribution in [0, 0.1) is 17.3 Å². The van der Waals surface area contributed by atoms with Gasteiger partial charge in [-0.15, -0.1) is 0 Å². The van der Waals surface area contributed by atoms with Crippen LogP contribution in [0.5, 0.6) is 0 Å². The Balaban J connectivity index is 2.06. The van der Waals surface area contributed by atoms with E-state index in [0.717, 1.165) is 16.7 Å². The molecule has 4 atom stereocenters. The Bertz CT molecular complexity index is 213. The van der Waals surface area contributed by atoms with Gasteiger partial charge >= 0.3 is 0 Å². The molecule has 1 heteroatoms. The SMILES string of the molecule is CCC1CCCCC1C1(C)CCC(Br)C1. The largest absolute Gasteiger partial charge is 0.0890 e. The van der Waals surface area contributed by atoms with Crippen LogP contribution in [0.3, 0.4) is 0 Å². The first-order chi connectivity index (χ1) is 7.15. The predicted octanol–water partition coefficient (Wildman–Crippen LogP) is 5.16. The third kappa shape index (κ3) is 2.43. The van der Waals surface area contributed by atoms with Crippen LogP contribution in [0.15, 0.2) is 0 Å².